The summed E-state index contributed by atoms with van der Waals surface area (Å²) in [6, 6.07) is 7.71. The lowest BCUT2D eigenvalue weighted by molar-refractivity contribution is 0.696. The molecule has 0 bridgehead atoms. The van der Waals surface area contributed by atoms with Gasteiger partial charge in [-0.2, -0.15) is 5.10 Å². The second-order valence-corrected chi connectivity index (χ2v) is 4.45. The molecule has 3 rings (SSSR count). The fourth-order valence-corrected chi connectivity index (χ4v) is 2.19. The van der Waals surface area contributed by atoms with Crippen molar-refractivity contribution in [3.05, 3.63) is 41.9 Å². The molecular formula is C13H14N6. The lowest BCUT2D eigenvalue weighted by atomic mass is 10.2. The van der Waals surface area contributed by atoms with Crippen molar-refractivity contribution in [3.63, 3.8) is 0 Å². The Balaban J connectivity index is 2.09. The maximum Gasteiger partial charge on any atom is 0.163 e. The quantitative estimate of drug-likeness (QED) is 0.673. The van der Waals surface area contributed by atoms with E-state index in [1.54, 1.807) is 0 Å². The molecule has 2 heterocycles. The average molecular weight is 254 g/mol. The normalized spacial score (nSPS) is 11.0. The number of benzene rings is 1. The predicted molar refractivity (Wildman–Crippen MR) is 74.4 cm³/mol. The minimum Gasteiger partial charge on any atom is -0.399 e. The van der Waals surface area contributed by atoms with Crippen LogP contribution in [0.5, 0.6) is 0 Å². The van der Waals surface area contributed by atoms with Crippen molar-refractivity contribution >= 4 is 22.5 Å². The Kier molecular flexibility index (Phi) is 2.56. The van der Waals surface area contributed by atoms with Crippen LogP contribution in [0.2, 0.25) is 0 Å². The summed E-state index contributed by atoms with van der Waals surface area (Å²) >= 11 is 0. The van der Waals surface area contributed by atoms with Crippen LogP contribution >= 0.6 is 0 Å². The van der Waals surface area contributed by atoms with Crippen LogP contribution in [0.25, 0.3) is 11.0 Å². The number of nitrogens with two attached hydrogens (primary N) is 2. The first-order chi connectivity index (χ1) is 9.15. The van der Waals surface area contributed by atoms with Crippen molar-refractivity contribution in [1.29, 1.82) is 0 Å². The number of aryl methyl sites for hydroxylation is 1. The standard InChI is InChI=1S/C13H14N6/c1-8-11-12(15)16-7-17-13(11)19(18-8)6-9-3-2-4-10(14)5-9/h2-5,7H,6,14H2,1H3,(H2,15,16,17). The molecule has 3 aromatic rings. The summed E-state index contributed by atoms with van der Waals surface area (Å²) in [4.78, 5) is 8.26. The number of anilines is 2. The van der Waals surface area contributed by atoms with Crippen LogP contribution in [0.4, 0.5) is 11.5 Å². The number of fused-ring (bicyclic) bond motifs is 1. The third kappa shape index (κ3) is 1.97. The van der Waals surface area contributed by atoms with Crippen molar-refractivity contribution in [2.24, 2.45) is 0 Å². The summed E-state index contributed by atoms with van der Waals surface area (Å²) in [6.07, 6.45) is 1.45. The van der Waals surface area contributed by atoms with Crippen molar-refractivity contribution in [2.75, 3.05) is 11.5 Å². The van der Waals surface area contributed by atoms with Gasteiger partial charge in [0.25, 0.3) is 0 Å². The van der Waals surface area contributed by atoms with E-state index in [0.29, 0.717) is 12.4 Å². The third-order valence-electron chi connectivity index (χ3n) is 3.02. The molecule has 6 nitrogen and oxygen atoms in total. The molecule has 6 heteroatoms. The van der Waals surface area contributed by atoms with Gasteiger partial charge in [-0.25, -0.2) is 14.6 Å². The van der Waals surface area contributed by atoms with Gasteiger partial charge in [-0.05, 0) is 24.6 Å². The van der Waals surface area contributed by atoms with Crippen LogP contribution in [0.3, 0.4) is 0 Å². The molecule has 0 fully saturated rings. The lowest BCUT2D eigenvalue weighted by Crippen LogP contribution is -2.03. The number of nitrogen functional groups attached to an aromatic ring is 2. The fraction of sp³-hybridized carbons (Fsp3) is 0.154. The molecule has 0 spiro atoms. The van der Waals surface area contributed by atoms with E-state index >= 15 is 0 Å². The van der Waals surface area contributed by atoms with Gasteiger partial charge in [-0.15, -0.1) is 0 Å². The van der Waals surface area contributed by atoms with Crippen LogP contribution in [0, 0.1) is 6.92 Å². The van der Waals surface area contributed by atoms with Gasteiger partial charge in [0, 0.05) is 5.69 Å². The Hall–Kier alpha value is -2.63. The van der Waals surface area contributed by atoms with Gasteiger partial charge in [0.1, 0.15) is 12.1 Å². The first-order valence-electron chi connectivity index (χ1n) is 5.93. The Morgan fingerprint density at radius 3 is 2.84 bits per heavy atom. The zero-order chi connectivity index (χ0) is 13.4. The maximum absolute atomic E-state index is 5.86. The number of hydrogen-bond donors (Lipinski definition) is 2. The average Bonchev–Trinajstić information content (AvgIpc) is 2.68. The Bertz CT molecular complexity index is 746. The molecule has 0 radical (unpaired) electrons. The van der Waals surface area contributed by atoms with Gasteiger partial charge in [0.05, 0.1) is 17.6 Å². The zero-order valence-corrected chi connectivity index (χ0v) is 10.5. The highest BCUT2D eigenvalue weighted by Gasteiger charge is 2.12. The largest absolute Gasteiger partial charge is 0.399 e. The Morgan fingerprint density at radius 2 is 2.05 bits per heavy atom. The van der Waals surface area contributed by atoms with Crippen LogP contribution in [-0.4, -0.2) is 19.7 Å². The molecule has 0 aliphatic heterocycles. The minimum absolute atomic E-state index is 0.460. The van der Waals surface area contributed by atoms with Crippen LogP contribution in [0.15, 0.2) is 30.6 Å². The lowest BCUT2D eigenvalue weighted by Gasteiger charge is -2.04. The van der Waals surface area contributed by atoms with E-state index in [1.165, 1.54) is 6.33 Å². The summed E-state index contributed by atoms with van der Waals surface area (Å²) in [5.41, 5.74) is 15.0. The van der Waals surface area contributed by atoms with E-state index in [9.17, 15) is 0 Å². The maximum atomic E-state index is 5.86. The van der Waals surface area contributed by atoms with Crippen LogP contribution in [0.1, 0.15) is 11.3 Å². The number of rotatable bonds is 2. The summed E-state index contributed by atoms with van der Waals surface area (Å²) in [5.74, 6) is 0.460. The molecular weight excluding hydrogens is 240 g/mol. The first kappa shape index (κ1) is 11.5. The second kappa shape index (κ2) is 4.24. The minimum atomic E-state index is 0.460. The van der Waals surface area contributed by atoms with E-state index in [2.05, 4.69) is 15.1 Å². The molecule has 0 saturated carbocycles. The summed E-state index contributed by atoms with van der Waals surface area (Å²) in [7, 11) is 0. The molecule has 0 saturated heterocycles. The number of hydrogen-bond acceptors (Lipinski definition) is 5. The number of nitrogens with zero attached hydrogens (tertiary/aromatic N) is 4. The monoisotopic (exact) mass is 254 g/mol. The van der Waals surface area contributed by atoms with Gasteiger partial charge in [0.2, 0.25) is 0 Å². The molecule has 0 unspecified atom stereocenters. The van der Waals surface area contributed by atoms with Gasteiger partial charge in [0.15, 0.2) is 5.65 Å². The highest BCUT2D eigenvalue weighted by molar-refractivity contribution is 5.87. The summed E-state index contributed by atoms with van der Waals surface area (Å²) < 4.78 is 1.82. The van der Waals surface area contributed by atoms with E-state index < -0.39 is 0 Å². The van der Waals surface area contributed by atoms with Gasteiger partial charge < -0.3 is 11.5 Å². The highest BCUT2D eigenvalue weighted by atomic mass is 15.3. The van der Waals surface area contributed by atoms with E-state index in [4.69, 9.17) is 11.5 Å². The summed E-state index contributed by atoms with van der Waals surface area (Å²) in [6.45, 7) is 2.50. The summed E-state index contributed by atoms with van der Waals surface area (Å²) in [5, 5.41) is 5.28. The van der Waals surface area contributed by atoms with E-state index in [-0.39, 0.29) is 0 Å². The second-order valence-electron chi connectivity index (χ2n) is 4.45. The van der Waals surface area contributed by atoms with Crippen molar-refractivity contribution in [1.82, 2.24) is 19.7 Å². The number of aromatic nitrogens is 4. The molecule has 0 aliphatic carbocycles. The zero-order valence-electron chi connectivity index (χ0n) is 10.5. The SMILES string of the molecule is Cc1nn(Cc2cccc(N)c2)c2ncnc(N)c12. The topological polar surface area (TPSA) is 95.6 Å². The molecule has 96 valence electrons. The molecule has 1 aromatic carbocycles. The van der Waals surface area contributed by atoms with Crippen molar-refractivity contribution in [2.45, 2.75) is 13.5 Å². The first-order valence-corrected chi connectivity index (χ1v) is 5.93. The fourth-order valence-electron chi connectivity index (χ4n) is 2.19. The predicted octanol–water partition coefficient (Wildman–Crippen LogP) is 1.35. The molecule has 19 heavy (non-hydrogen) atoms. The van der Waals surface area contributed by atoms with Crippen molar-refractivity contribution < 1.29 is 0 Å². The van der Waals surface area contributed by atoms with Gasteiger partial charge in [-0.3, -0.25) is 0 Å². The van der Waals surface area contributed by atoms with E-state index in [1.807, 2.05) is 35.9 Å². The van der Waals surface area contributed by atoms with Gasteiger partial charge >= 0.3 is 0 Å². The molecule has 4 N–H and O–H groups in total. The van der Waals surface area contributed by atoms with E-state index in [0.717, 1.165) is 28.0 Å². The smallest absolute Gasteiger partial charge is 0.163 e. The highest BCUT2D eigenvalue weighted by Crippen LogP contribution is 2.21. The molecule has 0 aliphatic rings. The van der Waals surface area contributed by atoms with Crippen LogP contribution in [-0.2, 0) is 6.54 Å². The third-order valence-corrected chi connectivity index (χ3v) is 3.02. The van der Waals surface area contributed by atoms with Crippen LogP contribution < -0.4 is 11.5 Å². The molecule has 0 amide bonds. The molecule has 0 atom stereocenters. The Morgan fingerprint density at radius 1 is 1.21 bits per heavy atom. The molecule has 2 aromatic heterocycles. The van der Waals surface area contributed by atoms with Gasteiger partial charge in [-0.1, -0.05) is 12.1 Å². The Labute approximate surface area is 110 Å². The van der Waals surface area contributed by atoms with Crippen molar-refractivity contribution in [3.8, 4) is 0 Å².